The maximum absolute atomic E-state index is 12.9. The molecule has 8 nitrogen and oxygen atoms in total. The number of hydrogen-bond donors (Lipinski definition) is 4. The fourth-order valence-corrected chi connectivity index (χ4v) is 5.79. The Hall–Kier alpha value is -4.30. The molecule has 0 radical (unpaired) electrons. The number of phenols is 3. The van der Waals surface area contributed by atoms with E-state index in [9.17, 15) is 30.0 Å². The number of rotatable bonds is 4. The van der Waals surface area contributed by atoms with E-state index in [4.69, 9.17) is 9.47 Å². The first-order valence-electron chi connectivity index (χ1n) is 12.1. The van der Waals surface area contributed by atoms with Gasteiger partial charge in [0.15, 0.2) is 11.6 Å². The van der Waals surface area contributed by atoms with Crippen molar-refractivity contribution in [3.8, 4) is 39.9 Å². The zero-order chi connectivity index (χ0) is 27.7. The fourth-order valence-electron chi connectivity index (χ4n) is 5.79. The number of benzene rings is 4. The molecule has 0 heterocycles. The number of carbonyl (C=O) groups excluding carboxylic acids is 2. The lowest BCUT2D eigenvalue weighted by Crippen LogP contribution is -2.35. The molecule has 4 N–H and O–H groups in total. The maximum Gasteiger partial charge on any atom is 0.169 e. The molecule has 0 saturated carbocycles. The van der Waals surface area contributed by atoms with E-state index in [0.717, 1.165) is 0 Å². The molecule has 0 aliphatic heterocycles. The van der Waals surface area contributed by atoms with Gasteiger partial charge in [-0.25, -0.2) is 0 Å². The summed E-state index contributed by atoms with van der Waals surface area (Å²) in [4.78, 5) is 25.5. The Morgan fingerprint density at radius 3 is 2.26 bits per heavy atom. The van der Waals surface area contributed by atoms with Crippen molar-refractivity contribution in [2.45, 2.75) is 39.2 Å². The van der Waals surface area contributed by atoms with Crippen LogP contribution in [0.5, 0.6) is 28.7 Å². The maximum atomic E-state index is 12.9. The molecule has 0 spiro atoms. The highest BCUT2D eigenvalue weighted by Gasteiger charge is 2.36. The van der Waals surface area contributed by atoms with Crippen molar-refractivity contribution in [1.29, 1.82) is 0 Å². The summed E-state index contributed by atoms with van der Waals surface area (Å²) in [6.07, 6.45) is 0.0339. The Bertz CT molecular complexity index is 1700. The van der Waals surface area contributed by atoms with E-state index in [1.165, 1.54) is 21.1 Å². The van der Waals surface area contributed by atoms with Crippen LogP contribution in [-0.4, -0.2) is 51.8 Å². The SMILES string of the molecule is COc1cc(OC)c2c(O)c(C(C)=O)c(C)c(-c3ccc4cc5c(c(O)c4c3O)C(=O)CC(C)(O)C5)c2c1. The molecule has 1 atom stereocenters. The van der Waals surface area contributed by atoms with E-state index in [-0.39, 0.29) is 69.1 Å². The van der Waals surface area contributed by atoms with Gasteiger partial charge >= 0.3 is 0 Å². The van der Waals surface area contributed by atoms with Gasteiger partial charge in [0.05, 0.1) is 41.7 Å². The Morgan fingerprint density at radius 1 is 0.921 bits per heavy atom. The van der Waals surface area contributed by atoms with Crippen LogP contribution >= 0.6 is 0 Å². The number of methoxy groups -OCH3 is 2. The summed E-state index contributed by atoms with van der Waals surface area (Å²) in [5.41, 5.74) is 0.559. The zero-order valence-corrected chi connectivity index (χ0v) is 21.7. The molecule has 1 unspecified atom stereocenters. The largest absolute Gasteiger partial charge is 0.507 e. The number of fused-ring (bicyclic) bond motifs is 3. The van der Waals surface area contributed by atoms with Gasteiger partial charge in [-0.1, -0.05) is 6.07 Å². The van der Waals surface area contributed by atoms with Crippen LogP contribution in [0.2, 0.25) is 0 Å². The van der Waals surface area contributed by atoms with Crippen LogP contribution in [0.1, 0.15) is 52.1 Å². The van der Waals surface area contributed by atoms with Crippen molar-refractivity contribution < 1.29 is 39.5 Å². The van der Waals surface area contributed by atoms with Crippen LogP contribution in [-0.2, 0) is 6.42 Å². The van der Waals surface area contributed by atoms with Crippen LogP contribution in [0.3, 0.4) is 0 Å². The van der Waals surface area contributed by atoms with Gasteiger partial charge < -0.3 is 29.9 Å². The quantitative estimate of drug-likeness (QED) is 0.273. The van der Waals surface area contributed by atoms with Crippen LogP contribution in [0, 0.1) is 6.92 Å². The average Bonchev–Trinajstić information content (AvgIpc) is 2.82. The predicted octanol–water partition coefficient (Wildman–Crippen LogP) is 5.18. The van der Waals surface area contributed by atoms with Crippen molar-refractivity contribution in [1.82, 2.24) is 0 Å². The topological polar surface area (TPSA) is 134 Å². The minimum Gasteiger partial charge on any atom is -0.507 e. The van der Waals surface area contributed by atoms with Gasteiger partial charge in [0.1, 0.15) is 28.7 Å². The number of hydrogen-bond acceptors (Lipinski definition) is 8. The molecular weight excluding hydrogens is 488 g/mol. The number of carbonyl (C=O) groups is 2. The lowest BCUT2D eigenvalue weighted by molar-refractivity contribution is 0.0409. The summed E-state index contributed by atoms with van der Waals surface area (Å²) in [5, 5.41) is 45.7. The van der Waals surface area contributed by atoms with E-state index in [1.54, 1.807) is 44.2 Å². The highest BCUT2D eigenvalue weighted by atomic mass is 16.5. The summed E-state index contributed by atoms with van der Waals surface area (Å²) >= 11 is 0. The van der Waals surface area contributed by atoms with E-state index >= 15 is 0 Å². The van der Waals surface area contributed by atoms with Gasteiger partial charge in [0.2, 0.25) is 0 Å². The second kappa shape index (κ2) is 8.63. The molecule has 0 fully saturated rings. The highest BCUT2D eigenvalue weighted by molar-refractivity contribution is 6.16. The van der Waals surface area contributed by atoms with E-state index in [2.05, 4.69) is 0 Å². The second-order valence-corrected chi connectivity index (χ2v) is 10.1. The van der Waals surface area contributed by atoms with Gasteiger partial charge in [0.25, 0.3) is 0 Å². The van der Waals surface area contributed by atoms with Gasteiger partial charge in [-0.15, -0.1) is 0 Å². The van der Waals surface area contributed by atoms with Crippen molar-refractivity contribution in [2.24, 2.45) is 0 Å². The first kappa shape index (κ1) is 25.4. The van der Waals surface area contributed by atoms with E-state index < -0.39 is 11.4 Å². The second-order valence-electron chi connectivity index (χ2n) is 10.1. The minimum absolute atomic E-state index is 0.0718. The predicted molar refractivity (Wildman–Crippen MR) is 143 cm³/mol. The summed E-state index contributed by atoms with van der Waals surface area (Å²) in [5.74, 6) is -0.992. The van der Waals surface area contributed by atoms with E-state index in [0.29, 0.717) is 33.2 Å². The highest BCUT2D eigenvalue weighted by Crippen LogP contribution is 2.51. The van der Waals surface area contributed by atoms with Crippen molar-refractivity contribution in [2.75, 3.05) is 14.2 Å². The first-order chi connectivity index (χ1) is 17.9. The number of ether oxygens (including phenoxy) is 2. The fraction of sp³-hybridized carbons (Fsp3) is 0.267. The molecule has 38 heavy (non-hydrogen) atoms. The van der Waals surface area contributed by atoms with Crippen molar-refractivity contribution in [3.05, 3.63) is 52.6 Å². The Balaban J connectivity index is 1.92. The zero-order valence-electron chi connectivity index (χ0n) is 21.7. The molecule has 4 aromatic carbocycles. The molecule has 4 aromatic rings. The van der Waals surface area contributed by atoms with Crippen molar-refractivity contribution >= 4 is 33.1 Å². The lowest BCUT2D eigenvalue weighted by Gasteiger charge is -2.30. The van der Waals surface area contributed by atoms with Crippen molar-refractivity contribution in [3.63, 3.8) is 0 Å². The summed E-state index contributed by atoms with van der Waals surface area (Å²) in [6.45, 7) is 4.58. The number of aromatic hydroxyl groups is 3. The molecule has 8 heteroatoms. The third-order valence-electron chi connectivity index (χ3n) is 7.37. The van der Waals surface area contributed by atoms with Gasteiger partial charge in [-0.3, -0.25) is 9.59 Å². The molecule has 1 aliphatic carbocycles. The molecule has 0 saturated heterocycles. The van der Waals surface area contributed by atoms with Crippen LogP contribution < -0.4 is 9.47 Å². The standard InChI is InChI=1S/C30H28O8/c1-13-22(14(2)31)28(34)26-19(9-17(37-4)10-21(26)38-5)23(13)18-7-6-15-8-16-11-30(3,36)12-20(32)24(16)29(35)25(15)27(18)33/h6-10,33-36H,11-12H2,1-5H3. The van der Waals surface area contributed by atoms with Crippen LogP contribution in [0.25, 0.3) is 32.7 Å². The molecule has 196 valence electrons. The molecule has 5 rings (SSSR count). The van der Waals surface area contributed by atoms with Gasteiger partial charge in [0, 0.05) is 29.9 Å². The third-order valence-corrected chi connectivity index (χ3v) is 7.37. The Kier molecular flexibility index (Phi) is 5.76. The summed E-state index contributed by atoms with van der Waals surface area (Å²) in [6, 6.07) is 8.30. The minimum atomic E-state index is -1.23. The third kappa shape index (κ3) is 3.63. The number of Topliss-reactive ketones (excluding diaryl/α,β-unsaturated/α-hetero) is 2. The van der Waals surface area contributed by atoms with E-state index in [1.807, 2.05) is 0 Å². The number of ketones is 2. The summed E-state index contributed by atoms with van der Waals surface area (Å²) < 4.78 is 10.9. The Morgan fingerprint density at radius 2 is 1.63 bits per heavy atom. The molecule has 0 amide bonds. The molecule has 0 aromatic heterocycles. The molecule has 1 aliphatic rings. The summed E-state index contributed by atoms with van der Waals surface area (Å²) in [7, 11) is 2.92. The average molecular weight is 517 g/mol. The lowest BCUT2D eigenvalue weighted by atomic mass is 9.78. The monoisotopic (exact) mass is 516 g/mol. The van der Waals surface area contributed by atoms with Crippen LogP contribution in [0.4, 0.5) is 0 Å². The van der Waals surface area contributed by atoms with Gasteiger partial charge in [-0.2, -0.15) is 0 Å². The number of aliphatic hydroxyl groups is 1. The molecular formula is C30H28O8. The first-order valence-corrected chi connectivity index (χ1v) is 12.1. The Labute approximate surface area is 218 Å². The smallest absolute Gasteiger partial charge is 0.169 e. The van der Waals surface area contributed by atoms with Gasteiger partial charge in [-0.05, 0) is 61.0 Å². The van der Waals surface area contributed by atoms with Crippen LogP contribution in [0.15, 0.2) is 30.3 Å². The normalized spacial score (nSPS) is 17.1. The number of phenolic OH excluding ortho intramolecular Hbond substituents is 3. The molecule has 0 bridgehead atoms.